The molecule has 1 aromatic heterocycles. The highest BCUT2D eigenvalue weighted by Crippen LogP contribution is 2.23. The molecule has 0 bridgehead atoms. The zero-order chi connectivity index (χ0) is 18.4. The van der Waals surface area contributed by atoms with Crippen molar-refractivity contribution >= 4 is 16.7 Å². The number of ether oxygens (including phenoxy) is 2. The van der Waals surface area contributed by atoms with Crippen LogP contribution < -0.4 is 10.3 Å². The number of rotatable bonds is 6. The number of aromatic nitrogens is 1. The maximum absolute atomic E-state index is 12.6. The molecule has 0 radical (unpaired) electrons. The molecule has 0 atom stereocenters. The molecule has 0 saturated carbocycles. The third-order valence-corrected chi connectivity index (χ3v) is 4.82. The van der Waals surface area contributed by atoms with E-state index in [0.717, 1.165) is 31.3 Å². The fourth-order valence-electron chi connectivity index (χ4n) is 3.33. The number of hydrogen-bond donors (Lipinski definition) is 0. The molecule has 0 spiro atoms. The highest BCUT2D eigenvalue weighted by atomic mass is 16.5. The van der Waals surface area contributed by atoms with Crippen LogP contribution in [-0.4, -0.2) is 48.8 Å². The van der Waals surface area contributed by atoms with Crippen LogP contribution in [0.4, 0.5) is 0 Å². The van der Waals surface area contributed by atoms with Gasteiger partial charge in [-0.05, 0) is 31.0 Å². The van der Waals surface area contributed by atoms with Gasteiger partial charge in [-0.25, -0.2) is 0 Å². The zero-order valence-corrected chi connectivity index (χ0v) is 15.3. The predicted molar refractivity (Wildman–Crippen MR) is 101 cm³/mol. The Morgan fingerprint density at radius 2 is 1.85 bits per heavy atom. The van der Waals surface area contributed by atoms with Crippen molar-refractivity contribution in [3.8, 4) is 5.75 Å². The summed E-state index contributed by atoms with van der Waals surface area (Å²) in [6.07, 6.45) is 6.22. The molecular weight excluding hydrogens is 332 g/mol. The van der Waals surface area contributed by atoms with Crippen molar-refractivity contribution in [1.29, 1.82) is 0 Å². The monoisotopic (exact) mass is 358 g/mol. The third kappa shape index (κ3) is 4.25. The summed E-state index contributed by atoms with van der Waals surface area (Å²) in [6, 6.07) is 7.23. The van der Waals surface area contributed by atoms with E-state index in [1.165, 1.54) is 12.8 Å². The summed E-state index contributed by atoms with van der Waals surface area (Å²) in [7, 11) is 1.61. The first-order valence-electron chi connectivity index (χ1n) is 9.22. The second-order valence-electron chi connectivity index (χ2n) is 6.61. The van der Waals surface area contributed by atoms with E-state index in [0.29, 0.717) is 24.3 Å². The van der Waals surface area contributed by atoms with E-state index in [1.807, 2.05) is 11.0 Å². The van der Waals surface area contributed by atoms with Crippen LogP contribution in [0, 0.1) is 0 Å². The molecule has 1 aromatic carbocycles. The van der Waals surface area contributed by atoms with Crippen LogP contribution in [0.5, 0.6) is 5.75 Å². The van der Waals surface area contributed by atoms with Gasteiger partial charge in [0.2, 0.25) is 0 Å². The fraction of sp³-hybridized carbons (Fsp3) is 0.500. The van der Waals surface area contributed by atoms with E-state index in [4.69, 9.17) is 9.47 Å². The van der Waals surface area contributed by atoms with Crippen molar-refractivity contribution in [2.24, 2.45) is 0 Å². The normalized spacial score (nSPS) is 15.0. The van der Waals surface area contributed by atoms with Crippen molar-refractivity contribution in [1.82, 2.24) is 9.47 Å². The summed E-state index contributed by atoms with van der Waals surface area (Å²) in [5.74, 6) is 0.582. The molecule has 1 aliphatic rings. The average molecular weight is 358 g/mol. The first-order valence-corrected chi connectivity index (χ1v) is 9.22. The van der Waals surface area contributed by atoms with Crippen LogP contribution in [0.25, 0.3) is 10.8 Å². The number of nitrogens with zero attached hydrogens (tertiary/aromatic N) is 2. The van der Waals surface area contributed by atoms with Gasteiger partial charge in [0.15, 0.2) is 6.61 Å². The first kappa shape index (κ1) is 18.5. The van der Waals surface area contributed by atoms with Gasteiger partial charge >= 0.3 is 0 Å². The van der Waals surface area contributed by atoms with Crippen molar-refractivity contribution < 1.29 is 14.3 Å². The van der Waals surface area contributed by atoms with Gasteiger partial charge in [-0.2, -0.15) is 0 Å². The summed E-state index contributed by atoms with van der Waals surface area (Å²) < 4.78 is 12.5. The Labute approximate surface area is 153 Å². The van der Waals surface area contributed by atoms with Crippen LogP contribution in [-0.2, 0) is 16.1 Å². The molecule has 6 nitrogen and oxygen atoms in total. The standard InChI is InChI=1S/C20H26N2O4/c1-25-14-13-22-12-9-16-17(20(22)24)7-6-8-18(16)26-15-19(23)21-10-4-2-3-5-11-21/h6-9,12H,2-5,10-11,13-15H2,1H3. The number of pyridine rings is 1. The van der Waals surface area contributed by atoms with Crippen molar-refractivity contribution in [2.45, 2.75) is 32.2 Å². The lowest BCUT2D eigenvalue weighted by Crippen LogP contribution is -2.35. The van der Waals surface area contributed by atoms with Gasteiger partial charge in [0.25, 0.3) is 11.5 Å². The van der Waals surface area contributed by atoms with E-state index in [9.17, 15) is 9.59 Å². The summed E-state index contributed by atoms with van der Waals surface area (Å²) in [5.41, 5.74) is -0.0798. The summed E-state index contributed by atoms with van der Waals surface area (Å²) in [5, 5.41) is 1.32. The Morgan fingerprint density at radius 1 is 1.08 bits per heavy atom. The van der Waals surface area contributed by atoms with Crippen LogP contribution in [0.1, 0.15) is 25.7 Å². The molecule has 1 saturated heterocycles. The molecule has 1 amide bonds. The number of fused-ring (bicyclic) bond motifs is 1. The molecule has 0 unspecified atom stereocenters. The predicted octanol–water partition coefficient (Wildman–Crippen LogP) is 2.43. The number of likely N-dealkylation sites (tertiary alicyclic amines) is 1. The van der Waals surface area contributed by atoms with Gasteiger partial charge < -0.3 is 18.9 Å². The molecule has 140 valence electrons. The average Bonchev–Trinajstić information content (AvgIpc) is 2.95. The summed E-state index contributed by atoms with van der Waals surface area (Å²) >= 11 is 0. The molecule has 1 aliphatic heterocycles. The Morgan fingerprint density at radius 3 is 2.58 bits per heavy atom. The van der Waals surface area contributed by atoms with Gasteiger partial charge in [-0.3, -0.25) is 9.59 Å². The molecular formula is C20H26N2O4. The number of amides is 1. The molecule has 6 heteroatoms. The Kier molecular flexibility index (Phi) is 6.28. The third-order valence-electron chi connectivity index (χ3n) is 4.82. The number of carbonyl (C=O) groups is 1. The highest BCUT2D eigenvalue weighted by Gasteiger charge is 2.16. The Bertz CT molecular complexity index is 807. The lowest BCUT2D eigenvalue weighted by molar-refractivity contribution is -0.133. The number of methoxy groups -OCH3 is 1. The summed E-state index contributed by atoms with van der Waals surface area (Å²) in [6.45, 7) is 2.60. The van der Waals surface area contributed by atoms with Gasteiger partial charge in [-0.15, -0.1) is 0 Å². The molecule has 2 aromatic rings. The maximum atomic E-state index is 12.6. The largest absolute Gasteiger partial charge is 0.483 e. The van der Waals surface area contributed by atoms with Gasteiger partial charge in [-0.1, -0.05) is 18.9 Å². The van der Waals surface area contributed by atoms with Gasteiger partial charge in [0.05, 0.1) is 12.0 Å². The van der Waals surface area contributed by atoms with E-state index in [2.05, 4.69) is 0 Å². The quantitative estimate of drug-likeness (QED) is 0.796. The lowest BCUT2D eigenvalue weighted by Gasteiger charge is -2.20. The Balaban J connectivity index is 1.74. The first-order chi connectivity index (χ1) is 12.7. The van der Waals surface area contributed by atoms with Crippen LogP contribution in [0.2, 0.25) is 0 Å². The van der Waals surface area contributed by atoms with Crippen molar-refractivity contribution in [3.05, 3.63) is 40.8 Å². The molecule has 0 aliphatic carbocycles. The highest BCUT2D eigenvalue weighted by molar-refractivity contribution is 5.88. The lowest BCUT2D eigenvalue weighted by atomic mass is 10.1. The molecule has 26 heavy (non-hydrogen) atoms. The van der Waals surface area contributed by atoms with E-state index in [-0.39, 0.29) is 18.1 Å². The summed E-state index contributed by atoms with van der Waals surface area (Å²) in [4.78, 5) is 26.9. The van der Waals surface area contributed by atoms with Crippen LogP contribution in [0.15, 0.2) is 35.3 Å². The SMILES string of the molecule is COCCn1ccc2c(OCC(=O)N3CCCCCC3)cccc2c1=O. The molecule has 1 fully saturated rings. The maximum Gasteiger partial charge on any atom is 0.260 e. The molecule has 3 rings (SSSR count). The number of benzene rings is 1. The van der Waals surface area contributed by atoms with Gasteiger partial charge in [0, 0.05) is 38.3 Å². The smallest absolute Gasteiger partial charge is 0.260 e. The second kappa shape index (κ2) is 8.85. The Hall–Kier alpha value is -2.34. The molecule has 0 N–H and O–H groups in total. The van der Waals surface area contributed by atoms with Crippen molar-refractivity contribution in [3.63, 3.8) is 0 Å². The zero-order valence-electron chi connectivity index (χ0n) is 15.3. The number of carbonyl (C=O) groups excluding carboxylic acids is 1. The van der Waals surface area contributed by atoms with Crippen molar-refractivity contribution in [2.75, 3.05) is 33.4 Å². The van der Waals surface area contributed by atoms with Gasteiger partial charge in [0.1, 0.15) is 5.75 Å². The van der Waals surface area contributed by atoms with E-state index >= 15 is 0 Å². The fourth-order valence-corrected chi connectivity index (χ4v) is 3.33. The minimum Gasteiger partial charge on any atom is -0.483 e. The number of hydrogen-bond acceptors (Lipinski definition) is 4. The van der Waals surface area contributed by atoms with Crippen LogP contribution >= 0.6 is 0 Å². The minimum atomic E-state index is -0.0798. The topological polar surface area (TPSA) is 60.8 Å². The second-order valence-corrected chi connectivity index (χ2v) is 6.61. The van der Waals surface area contributed by atoms with E-state index in [1.54, 1.807) is 36.1 Å². The minimum absolute atomic E-state index is 0.00583. The van der Waals surface area contributed by atoms with E-state index < -0.39 is 0 Å². The molecule has 2 heterocycles. The van der Waals surface area contributed by atoms with Crippen LogP contribution in [0.3, 0.4) is 0 Å².